The van der Waals surface area contributed by atoms with Gasteiger partial charge in [0.1, 0.15) is 16.8 Å². The molecule has 0 radical (unpaired) electrons. The van der Waals surface area contributed by atoms with Crippen molar-refractivity contribution in [1.29, 1.82) is 5.26 Å². The molecule has 1 aromatic carbocycles. The Morgan fingerprint density at radius 3 is 2.79 bits per heavy atom. The number of carbonyl (C=O) groups excluding carboxylic acids is 1. The lowest BCUT2D eigenvalue weighted by atomic mass is 9.86. The van der Waals surface area contributed by atoms with Crippen LogP contribution in [0.25, 0.3) is 0 Å². The molecule has 0 saturated carbocycles. The van der Waals surface area contributed by atoms with Crippen LogP contribution in [0, 0.1) is 31.1 Å². The molecule has 0 unspecified atom stereocenters. The summed E-state index contributed by atoms with van der Waals surface area (Å²) < 4.78 is 5.95. The Morgan fingerprint density at radius 2 is 2.14 bits per heavy atom. The van der Waals surface area contributed by atoms with Crippen molar-refractivity contribution in [1.82, 2.24) is 0 Å². The number of thiophene rings is 1. The Hall–Kier alpha value is -2.32. The molecule has 0 bridgehead atoms. The molecule has 0 fully saturated rings. The Labute approximate surface area is 171 Å². The molecule has 1 aromatic heterocycles. The van der Waals surface area contributed by atoms with Crippen molar-refractivity contribution in [3.05, 3.63) is 45.3 Å². The number of amides is 1. The summed E-state index contributed by atoms with van der Waals surface area (Å²) >= 11 is 1.56. The summed E-state index contributed by atoms with van der Waals surface area (Å²) in [5, 5.41) is 13.3. The summed E-state index contributed by atoms with van der Waals surface area (Å²) in [4.78, 5) is 14.1. The van der Waals surface area contributed by atoms with E-state index in [0.717, 1.165) is 36.8 Å². The number of hydrogen-bond donors (Lipinski definition) is 1. The molecule has 1 heterocycles. The van der Waals surface area contributed by atoms with Crippen molar-refractivity contribution in [3.63, 3.8) is 0 Å². The summed E-state index contributed by atoms with van der Waals surface area (Å²) in [6.07, 6.45) is 4.19. The van der Waals surface area contributed by atoms with Gasteiger partial charge in [0, 0.05) is 4.88 Å². The average molecular weight is 397 g/mol. The zero-order valence-corrected chi connectivity index (χ0v) is 17.9. The van der Waals surface area contributed by atoms with Crippen LogP contribution >= 0.6 is 11.3 Å². The summed E-state index contributed by atoms with van der Waals surface area (Å²) in [5.74, 6) is 1.18. The van der Waals surface area contributed by atoms with Gasteiger partial charge in [-0.2, -0.15) is 5.26 Å². The van der Waals surface area contributed by atoms with Gasteiger partial charge in [0.2, 0.25) is 0 Å². The van der Waals surface area contributed by atoms with E-state index in [1.165, 1.54) is 10.4 Å². The number of nitrogens with zero attached hydrogens (tertiary/aromatic N) is 1. The third kappa shape index (κ3) is 4.23. The molecule has 0 spiro atoms. The first-order valence-corrected chi connectivity index (χ1v) is 10.9. The maximum atomic E-state index is 12.9. The van der Waals surface area contributed by atoms with Crippen LogP contribution in [0.4, 0.5) is 5.00 Å². The Kier molecular flexibility index (Phi) is 6.41. The second-order valence-electron chi connectivity index (χ2n) is 7.59. The number of nitriles is 1. The van der Waals surface area contributed by atoms with Crippen LogP contribution in [0.3, 0.4) is 0 Å². The highest BCUT2D eigenvalue weighted by Gasteiger charge is 2.27. The second kappa shape index (κ2) is 8.79. The summed E-state index contributed by atoms with van der Waals surface area (Å²) in [6.45, 7) is 8.23. The van der Waals surface area contributed by atoms with Crippen LogP contribution < -0.4 is 10.1 Å². The van der Waals surface area contributed by atoms with E-state index in [0.29, 0.717) is 28.7 Å². The van der Waals surface area contributed by atoms with Gasteiger partial charge in [-0.15, -0.1) is 11.3 Å². The molecule has 0 saturated heterocycles. The van der Waals surface area contributed by atoms with Gasteiger partial charge in [0.05, 0.1) is 5.56 Å². The topological polar surface area (TPSA) is 62.1 Å². The number of carbonyl (C=O) groups is 1. The smallest absolute Gasteiger partial charge is 0.266 e. The first-order valence-electron chi connectivity index (χ1n) is 10.1. The van der Waals surface area contributed by atoms with E-state index in [1.807, 2.05) is 39.0 Å². The van der Waals surface area contributed by atoms with Crippen molar-refractivity contribution in [2.45, 2.75) is 65.9 Å². The third-order valence-corrected chi connectivity index (χ3v) is 6.88. The molecule has 1 aliphatic rings. The largest absolute Gasteiger partial charge is 0.481 e. The molecule has 1 amide bonds. The van der Waals surface area contributed by atoms with Crippen LogP contribution in [-0.2, 0) is 17.6 Å². The van der Waals surface area contributed by atoms with E-state index < -0.39 is 6.10 Å². The zero-order chi connectivity index (χ0) is 20.3. The standard InChI is InChI=1S/C23H28N2O2S/c1-5-16-8-10-18-19(13-24)23(28-21(18)12-16)25-22(26)20(6-2)27-17-9-7-14(3)15(4)11-17/h7,9,11,16,20H,5-6,8,10,12H2,1-4H3,(H,25,26)/t16-,20-/m0/s1. The number of aryl methyl sites for hydroxylation is 2. The predicted octanol–water partition coefficient (Wildman–Crippen LogP) is 5.55. The summed E-state index contributed by atoms with van der Waals surface area (Å²) in [6, 6.07) is 8.17. The fraction of sp³-hybridized carbons (Fsp3) is 0.478. The highest BCUT2D eigenvalue weighted by molar-refractivity contribution is 7.16. The maximum Gasteiger partial charge on any atom is 0.266 e. The number of ether oxygens (including phenoxy) is 1. The second-order valence-corrected chi connectivity index (χ2v) is 8.69. The Bertz CT molecular complexity index is 910. The molecule has 2 atom stereocenters. The molecule has 3 rings (SSSR count). The highest BCUT2D eigenvalue weighted by atomic mass is 32.1. The first-order chi connectivity index (χ1) is 13.5. The van der Waals surface area contributed by atoms with Gasteiger partial charge in [-0.3, -0.25) is 4.79 Å². The fourth-order valence-electron chi connectivity index (χ4n) is 3.68. The molecule has 0 aliphatic heterocycles. The normalized spacial score (nSPS) is 16.8. The molecule has 1 N–H and O–H groups in total. The van der Waals surface area contributed by atoms with Crippen LogP contribution in [0.15, 0.2) is 18.2 Å². The lowest BCUT2D eigenvalue weighted by Crippen LogP contribution is -2.32. The molecular formula is C23H28N2O2S. The van der Waals surface area contributed by atoms with Gasteiger partial charge < -0.3 is 10.1 Å². The fourth-order valence-corrected chi connectivity index (χ4v) is 4.99. The van der Waals surface area contributed by atoms with Crippen LogP contribution in [0.1, 0.15) is 60.2 Å². The van der Waals surface area contributed by atoms with Crippen molar-refractivity contribution >= 4 is 22.2 Å². The number of nitrogens with one attached hydrogen (secondary N) is 1. The van der Waals surface area contributed by atoms with Crippen LogP contribution in [0.2, 0.25) is 0 Å². The SMILES string of the molecule is CC[C@H]1CCc2c(sc(NC(=O)[C@H](CC)Oc3ccc(C)c(C)c3)c2C#N)C1. The molecule has 4 nitrogen and oxygen atoms in total. The molecule has 148 valence electrons. The number of benzene rings is 1. The highest BCUT2D eigenvalue weighted by Crippen LogP contribution is 2.40. The Balaban J connectivity index is 1.76. The van der Waals surface area contributed by atoms with E-state index in [2.05, 4.69) is 18.3 Å². The monoisotopic (exact) mass is 396 g/mol. The minimum absolute atomic E-state index is 0.192. The first kappa shape index (κ1) is 20.4. The molecule has 2 aromatic rings. The van der Waals surface area contributed by atoms with Gasteiger partial charge in [0.15, 0.2) is 6.10 Å². The number of anilines is 1. The lowest BCUT2D eigenvalue weighted by Gasteiger charge is -2.20. The minimum Gasteiger partial charge on any atom is -0.481 e. The van der Waals surface area contributed by atoms with Gasteiger partial charge in [-0.05, 0) is 74.3 Å². The molecule has 28 heavy (non-hydrogen) atoms. The van der Waals surface area contributed by atoms with Crippen molar-refractivity contribution in [2.75, 3.05) is 5.32 Å². The molecular weight excluding hydrogens is 368 g/mol. The van der Waals surface area contributed by atoms with Crippen LogP contribution in [-0.4, -0.2) is 12.0 Å². The molecule has 1 aliphatic carbocycles. The van der Waals surface area contributed by atoms with Crippen LogP contribution in [0.5, 0.6) is 5.75 Å². The molecule has 5 heteroatoms. The lowest BCUT2D eigenvalue weighted by molar-refractivity contribution is -0.122. The van der Waals surface area contributed by atoms with E-state index >= 15 is 0 Å². The van der Waals surface area contributed by atoms with Crippen molar-refractivity contribution in [2.24, 2.45) is 5.92 Å². The summed E-state index contributed by atoms with van der Waals surface area (Å²) in [5.41, 5.74) is 4.11. The van der Waals surface area contributed by atoms with Gasteiger partial charge >= 0.3 is 0 Å². The van der Waals surface area contributed by atoms with Crippen molar-refractivity contribution in [3.8, 4) is 11.8 Å². The number of hydrogen-bond acceptors (Lipinski definition) is 4. The third-order valence-electron chi connectivity index (χ3n) is 5.71. The average Bonchev–Trinajstić information content (AvgIpc) is 3.04. The van der Waals surface area contributed by atoms with E-state index in [1.54, 1.807) is 11.3 Å². The number of rotatable bonds is 6. The van der Waals surface area contributed by atoms with Crippen molar-refractivity contribution < 1.29 is 9.53 Å². The minimum atomic E-state index is -0.587. The zero-order valence-electron chi connectivity index (χ0n) is 17.1. The van der Waals surface area contributed by atoms with Gasteiger partial charge in [-0.25, -0.2) is 0 Å². The van der Waals surface area contributed by atoms with Gasteiger partial charge in [0.25, 0.3) is 5.91 Å². The number of fused-ring (bicyclic) bond motifs is 1. The summed E-state index contributed by atoms with van der Waals surface area (Å²) in [7, 11) is 0. The van der Waals surface area contributed by atoms with E-state index in [-0.39, 0.29) is 5.91 Å². The van der Waals surface area contributed by atoms with E-state index in [4.69, 9.17) is 4.74 Å². The predicted molar refractivity (Wildman–Crippen MR) is 114 cm³/mol. The van der Waals surface area contributed by atoms with E-state index in [9.17, 15) is 10.1 Å². The van der Waals surface area contributed by atoms with Gasteiger partial charge in [-0.1, -0.05) is 26.3 Å². The Morgan fingerprint density at radius 1 is 1.36 bits per heavy atom. The maximum absolute atomic E-state index is 12.9. The quantitative estimate of drug-likeness (QED) is 0.696.